The van der Waals surface area contributed by atoms with Gasteiger partial charge in [0.2, 0.25) is 0 Å². The summed E-state index contributed by atoms with van der Waals surface area (Å²) < 4.78 is 11.5. The minimum Gasteiger partial charge on any atom is -0.493 e. The van der Waals surface area contributed by atoms with Crippen LogP contribution in [0.2, 0.25) is 0 Å². The van der Waals surface area contributed by atoms with Gasteiger partial charge in [0.15, 0.2) is 16.6 Å². The molecular formula is C18H18N2O3S2. The molecule has 0 aliphatic rings. The summed E-state index contributed by atoms with van der Waals surface area (Å²) in [4.78, 5) is 18.1. The molecule has 7 heteroatoms. The standard InChI is InChI=1S/C18H18N2O3S2/c1-4-24-15-8-6-5-7-11(15)17(21)20-18-19-12-9-13(22-2)14(23-3)10-16(12)25-18/h5-10H,4H2,1-3H3,(H,19,20,21). The number of thiazole rings is 1. The van der Waals surface area contributed by atoms with Crippen LogP contribution >= 0.6 is 23.1 Å². The third kappa shape index (κ3) is 3.72. The first-order valence-corrected chi connectivity index (χ1v) is 9.52. The highest BCUT2D eigenvalue weighted by molar-refractivity contribution is 7.99. The van der Waals surface area contributed by atoms with Crippen molar-refractivity contribution in [1.82, 2.24) is 4.98 Å². The first-order valence-electron chi connectivity index (χ1n) is 7.72. The molecule has 0 bridgehead atoms. The number of fused-ring (bicyclic) bond motifs is 1. The van der Waals surface area contributed by atoms with Crippen LogP contribution in [0.3, 0.4) is 0 Å². The summed E-state index contributed by atoms with van der Waals surface area (Å²) in [5.74, 6) is 2.00. The molecule has 0 atom stereocenters. The van der Waals surface area contributed by atoms with Crippen molar-refractivity contribution >= 4 is 44.4 Å². The van der Waals surface area contributed by atoms with Gasteiger partial charge in [0.05, 0.1) is 30.0 Å². The van der Waals surface area contributed by atoms with Crippen LogP contribution in [-0.4, -0.2) is 30.9 Å². The van der Waals surface area contributed by atoms with Crippen LogP contribution in [0.15, 0.2) is 41.3 Å². The zero-order valence-corrected chi connectivity index (χ0v) is 15.8. The lowest BCUT2D eigenvalue weighted by atomic mass is 10.2. The Kier molecular flexibility index (Phi) is 5.45. The van der Waals surface area contributed by atoms with Gasteiger partial charge in [-0.25, -0.2) is 4.98 Å². The number of hydrogen-bond acceptors (Lipinski definition) is 6. The number of nitrogens with zero attached hydrogens (tertiary/aromatic N) is 1. The van der Waals surface area contributed by atoms with E-state index in [-0.39, 0.29) is 5.91 Å². The largest absolute Gasteiger partial charge is 0.493 e. The third-order valence-corrected chi connectivity index (χ3v) is 5.44. The van der Waals surface area contributed by atoms with Gasteiger partial charge in [-0.2, -0.15) is 0 Å². The molecule has 1 N–H and O–H groups in total. The number of rotatable bonds is 6. The first kappa shape index (κ1) is 17.6. The smallest absolute Gasteiger partial charge is 0.258 e. The molecule has 3 aromatic rings. The van der Waals surface area contributed by atoms with Gasteiger partial charge in [-0.15, -0.1) is 11.8 Å². The fraction of sp³-hybridized carbons (Fsp3) is 0.222. The van der Waals surface area contributed by atoms with Gasteiger partial charge >= 0.3 is 0 Å². The van der Waals surface area contributed by atoms with E-state index in [1.165, 1.54) is 11.3 Å². The van der Waals surface area contributed by atoms with E-state index >= 15 is 0 Å². The van der Waals surface area contributed by atoms with Gasteiger partial charge in [-0.05, 0) is 17.9 Å². The predicted molar refractivity (Wildman–Crippen MR) is 104 cm³/mol. The number of anilines is 1. The number of ether oxygens (including phenoxy) is 2. The summed E-state index contributed by atoms with van der Waals surface area (Å²) >= 11 is 3.05. The summed E-state index contributed by atoms with van der Waals surface area (Å²) in [7, 11) is 3.18. The van der Waals surface area contributed by atoms with E-state index < -0.39 is 0 Å². The second-order valence-electron chi connectivity index (χ2n) is 5.08. The van der Waals surface area contributed by atoms with E-state index in [4.69, 9.17) is 9.47 Å². The van der Waals surface area contributed by atoms with Gasteiger partial charge in [-0.3, -0.25) is 10.1 Å². The topological polar surface area (TPSA) is 60.5 Å². The third-order valence-electron chi connectivity index (χ3n) is 3.55. The maximum atomic E-state index is 12.6. The Morgan fingerprint density at radius 3 is 2.64 bits per heavy atom. The average molecular weight is 374 g/mol. The Bertz CT molecular complexity index is 867. The van der Waals surface area contributed by atoms with E-state index in [1.54, 1.807) is 32.0 Å². The van der Waals surface area contributed by atoms with E-state index in [0.717, 1.165) is 20.9 Å². The first-order chi connectivity index (χ1) is 12.2. The van der Waals surface area contributed by atoms with Crippen molar-refractivity contribution < 1.29 is 14.3 Å². The van der Waals surface area contributed by atoms with Crippen LogP contribution in [0.4, 0.5) is 5.13 Å². The lowest BCUT2D eigenvalue weighted by Crippen LogP contribution is -2.12. The molecule has 5 nitrogen and oxygen atoms in total. The number of aromatic nitrogens is 1. The molecule has 1 aromatic heterocycles. The fourth-order valence-corrected chi connectivity index (χ4v) is 4.08. The number of amides is 1. The van der Waals surface area contributed by atoms with Crippen molar-refractivity contribution in [3.63, 3.8) is 0 Å². The molecule has 2 aromatic carbocycles. The molecule has 1 amide bonds. The van der Waals surface area contributed by atoms with Gasteiger partial charge < -0.3 is 9.47 Å². The number of carbonyl (C=O) groups is 1. The number of hydrogen-bond donors (Lipinski definition) is 1. The Balaban J connectivity index is 1.89. The van der Waals surface area contributed by atoms with E-state index in [2.05, 4.69) is 17.2 Å². The van der Waals surface area contributed by atoms with Gasteiger partial charge in [0, 0.05) is 17.0 Å². The van der Waals surface area contributed by atoms with Crippen molar-refractivity contribution in [3.05, 3.63) is 42.0 Å². The minimum atomic E-state index is -0.158. The number of methoxy groups -OCH3 is 2. The Labute approximate surface area is 154 Å². The molecule has 0 unspecified atom stereocenters. The molecule has 0 aliphatic heterocycles. The number of carbonyl (C=O) groups excluding carboxylic acids is 1. The van der Waals surface area contributed by atoms with Crippen molar-refractivity contribution in [2.24, 2.45) is 0 Å². The quantitative estimate of drug-likeness (QED) is 0.635. The van der Waals surface area contributed by atoms with Crippen molar-refractivity contribution in [2.75, 3.05) is 25.3 Å². The van der Waals surface area contributed by atoms with Crippen LogP contribution in [0.5, 0.6) is 11.5 Å². The predicted octanol–water partition coefficient (Wildman–Crippen LogP) is 4.68. The SMILES string of the molecule is CCSc1ccccc1C(=O)Nc1nc2cc(OC)c(OC)cc2s1. The van der Waals surface area contributed by atoms with E-state index in [9.17, 15) is 4.79 Å². The summed E-state index contributed by atoms with van der Waals surface area (Å²) in [5, 5.41) is 3.44. The molecule has 0 fully saturated rings. The van der Waals surface area contributed by atoms with Gasteiger partial charge in [0.25, 0.3) is 5.91 Å². The van der Waals surface area contributed by atoms with Gasteiger partial charge in [0.1, 0.15) is 0 Å². The van der Waals surface area contributed by atoms with Crippen LogP contribution in [0.25, 0.3) is 10.2 Å². The molecule has 0 radical (unpaired) electrons. The van der Waals surface area contributed by atoms with E-state index in [1.807, 2.05) is 30.3 Å². The Morgan fingerprint density at radius 1 is 1.20 bits per heavy atom. The van der Waals surface area contributed by atoms with Crippen LogP contribution in [-0.2, 0) is 0 Å². The Morgan fingerprint density at radius 2 is 1.92 bits per heavy atom. The van der Waals surface area contributed by atoms with Crippen molar-refractivity contribution in [2.45, 2.75) is 11.8 Å². The summed E-state index contributed by atoms with van der Waals surface area (Å²) in [5.41, 5.74) is 1.41. The normalized spacial score (nSPS) is 10.7. The highest BCUT2D eigenvalue weighted by atomic mass is 32.2. The summed E-state index contributed by atoms with van der Waals surface area (Å²) in [6.07, 6.45) is 0. The van der Waals surface area contributed by atoms with Crippen molar-refractivity contribution in [3.8, 4) is 11.5 Å². The van der Waals surface area contributed by atoms with Gasteiger partial charge in [-0.1, -0.05) is 30.4 Å². The van der Waals surface area contributed by atoms with Crippen LogP contribution in [0, 0.1) is 0 Å². The molecule has 3 rings (SSSR count). The van der Waals surface area contributed by atoms with Crippen LogP contribution in [0.1, 0.15) is 17.3 Å². The average Bonchev–Trinajstić information content (AvgIpc) is 3.02. The molecule has 25 heavy (non-hydrogen) atoms. The monoisotopic (exact) mass is 374 g/mol. The zero-order chi connectivity index (χ0) is 17.8. The number of thioether (sulfide) groups is 1. The number of benzene rings is 2. The second-order valence-corrected chi connectivity index (χ2v) is 7.41. The maximum absolute atomic E-state index is 12.6. The lowest BCUT2D eigenvalue weighted by Gasteiger charge is -2.07. The Hall–Kier alpha value is -2.25. The van der Waals surface area contributed by atoms with Crippen LogP contribution < -0.4 is 14.8 Å². The molecule has 0 saturated heterocycles. The van der Waals surface area contributed by atoms with E-state index in [0.29, 0.717) is 22.2 Å². The summed E-state index contributed by atoms with van der Waals surface area (Å²) in [6, 6.07) is 11.3. The second kappa shape index (κ2) is 7.76. The molecule has 1 heterocycles. The number of nitrogens with one attached hydrogen (secondary N) is 1. The molecule has 130 valence electrons. The zero-order valence-electron chi connectivity index (χ0n) is 14.2. The minimum absolute atomic E-state index is 0.158. The maximum Gasteiger partial charge on any atom is 0.258 e. The highest BCUT2D eigenvalue weighted by Crippen LogP contribution is 2.36. The molecule has 0 aliphatic carbocycles. The molecule has 0 spiro atoms. The van der Waals surface area contributed by atoms with Crippen molar-refractivity contribution in [1.29, 1.82) is 0 Å². The molecular weight excluding hydrogens is 356 g/mol. The highest BCUT2D eigenvalue weighted by Gasteiger charge is 2.15. The fourth-order valence-electron chi connectivity index (χ4n) is 2.41. The molecule has 0 saturated carbocycles. The lowest BCUT2D eigenvalue weighted by molar-refractivity contribution is 0.102. The summed E-state index contributed by atoms with van der Waals surface area (Å²) in [6.45, 7) is 2.06.